The molecular formula is C26H27BrINO. The summed E-state index contributed by atoms with van der Waals surface area (Å²) in [4.78, 5) is 0. The van der Waals surface area contributed by atoms with E-state index in [9.17, 15) is 5.11 Å². The van der Waals surface area contributed by atoms with Gasteiger partial charge in [0.15, 0.2) is 0 Å². The Morgan fingerprint density at radius 2 is 1.87 bits per heavy atom. The molecule has 2 aliphatic rings. The van der Waals surface area contributed by atoms with E-state index in [0.29, 0.717) is 11.7 Å². The van der Waals surface area contributed by atoms with Crippen molar-refractivity contribution in [1.82, 2.24) is 5.32 Å². The SMILES string of the molecule is Oc1ccccc1C1=C/CC2=C(Br)C=ICC2C/C(NCCCc2ccccc2)=C\1. The first-order valence-corrected chi connectivity index (χ1v) is 14.0. The van der Waals surface area contributed by atoms with Crippen molar-refractivity contribution in [2.75, 3.05) is 11.0 Å². The van der Waals surface area contributed by atoms with Crippen LogP contribution in [0.4, 0.5) is 0 Å². The molecule has 2 nitrogen and oxygen atoms in total. The molecule has 4 heteroatoms. The number of hydrogen-bond donors (Lipinski definition) is 2. The molecule has 2 N–H and O–H groups in total. The Labute approximate surface area is 197 Å². The Bertz CT molecular complexity index is 1010. The van der Waals surface area contributed by atoms with Gasteiger partial charge in [0.25, 0.3) is 0 Å². The first-order valence-electron chi connectivity index (χ1n) is 10.5. The van der Waals surface area contributed by atoms with Crippen LogP contribution in [0.3, 0.4) is 0 Å². The Balaban J connectivity index is 1.54. The van der Waals surface area contributed by atoms with Gasteiger partial charge in [0.1, 0.15) is 5.75 Å². The molecule has 0 amide bonds. The van der Waals surface area contributed by atoms with Gasteiger partial charge < -0.3 is 10.4 Å². The lowest BCUT2D eigenvalue weighted by atomic mass is 9.88. The molecule has 0 bridgehead atoms. The Morgan fingerprint density at radius 3 is 2.70 bits per heavy atom. The van der Waals surface area contributed by atoms with Crippen LogP contribution in [0.25, 0.3) is 5.57 Å². The van der Waals surface area contributed by atoms with Crippen molar-refractivity contribution in [2.24, 2.45) is 5.92 Å². The highest BCUT2D eigenvalue weighted by Crippen LogP contribution is 2.38. The number of allylic oxidation sites excluding steroid dienone is 6. The highest BCUT2D eigenvalue weighted by atomic mass is 127. The number of para-hydroxylation sites is 1. The van der Waals surface area contributed by atoms with Gasteiger partial charge in [-0.2, -0.15) is 0 Å². The minimum Gasteiger partial charge on any atom is -0.507 e. The van der Waals surface area contributed by atoms with E-state index in [2.05, 4.69) is 67.7 Å². The summed E-state index contributed by atoms with van der Waals surface area (Å²) in [6, 6.07) is 18.3. The molecule has 0 aromatic heterocycles. The maximum absolute atomic E-state index is 10.4. The molecule has 1 unspecified atom stereocenters. The zero-order chi connectivity index (χ0) is 20.8. The lowest BCUT2D eigenvalue weighted by molar-refractivity contribution is 0.473. The van der Waals surface area contributed by atoms with Crippen LogP contribution in [0.2, 0.25) is 0 Å². The summed E-state index contributed by atoms with van der Waals surface area (Å²) >= 11 is 3.96. The van der Waals surface area contributed by atoms with Gasteiger partial charge >= 0.3 is 0 Å². The molecular weight excluding hydrogens is 549 g/mol. The fourth-order valence-electron chi connectivity index (χ4n) is 4.03. The molecule has 0 spiro atoms. The Morgan fingerprint density at radius 1 is 1.07 bits per heavy atom. The molecule has 0 radical (unpaired) electrons. The van der Waals surface area contributed by atoms with Crippen LogP contribution in [0.5, 0.6) is 5.75 Å². The van der Waals surface area contributed by atoms with E-state index >= 15 is 0 Å². The third-order valence-electron chi connectivity index (χ3n) is 5.64. The van der Waals surface area contributed by atoms with Crippen LogP contribution in [0, 0.1) is 5.92 Å². The highest BCUT2D eigenvalue weighted by molar-refractivity contribution is 14.2. The van der Waals surface area contributed by atoms with Crippen molar-refractivity contribution in [3.05, 3.63) is 93.6 Å². The number of aromatic hydroxyl groups is 1. The monoisotopic (exact) mass is 575 g/mol. The molecule has 2 aromatic rings. The largest absolute Gasteiger partial charge is 0.507 e. The van der Waals surface area contributed by atoms with Crippen molar-refractivity contribution in [3.8, 4) is 5.75 Å². The molecule has 1 heterocycles. The van der Waals surface area contributed by atoms with Gasteiger partial charge in [-0.3, -0.25) is 0 Å². The number of aryl methyl sites for hydroxylation is 1. The number of fused-ring (bicyclic) bond motifs is 1. The van der Waals surface area contributed by atoms with Gasteiger partial charge in [0.2, 0.25) is 0 Å². The number of alkyl halides is 1. The molecule has 0 saturated carbocycles. The summed E-state index contributed by atoms with van der Waals surface area (Å²) in [7, 11) is 0. The summed E-state index contributed by atoms with van der Waals surface area (Å²) in [5, 5.41) is 14.2. The number of hydrogen-bond acceptors (Lipinski definition) is 2. The van der Waals surface area contributed by atoms with Crippen molar-refractivity contribution < 1.29 is 5.11 Å². The first kappa shape index (κ1) is 21.6. The Kier molecular flexibility index (Phi) is 7.61. The number of phenolic OH excluding ortho intramolecular Hbond substituents is 1. The summed E-state index contributed by atoms with van der Waals surface area (Å²) in [5.74, 6) is 0.960. The van der Waals surface area contributed by atoms with E-state index < -0.39 is 0 Å². The average molecular weight is 576 g/mol. The van der Waals surface area contributed by atoms with E-state index in [1.807, 2.05) is 18.2 Å². The third kappa shape index (κ3) is 5.52. The van der Waals surface area contributed by atoms with E-state index in [0.717, 1.165) is 43.4 Å². The number of halogens is 2. The molecule has 30 heavy (non-hydrogen) atoms. The minimum absolute atomic E-state index is 0.134. The van der Waals surface area contributed by atoms with E-state index in [1.54, 1.807) is 6.07 Å². The van der Waals surface area contributed by atoms with Gasteiger partial charge in [-0.05, 0) is 64.5 Å². The summed E-state index contributed by atoms with van der Waals surface area (Å²) < 4.78 is 5.03. The Hall–Kier alpha value is -1.66. The lowest BCUT2D eigenvalue weighted by Crippen LogP contribution is -2.22. The van der Waals surface area contributed by atoms with Crippen molar-refractivity contribution in [3.63, 3.8) is 0 Å². The van der Waals surface area contributed by atoms with Gasteiger partial charge in [-0.25, -0.2) is 0 Å². The predicted molar refractivity (Wildman–Crippen MR) is 141 cm³/mol. The van der Waals surface area contributed by atoms with Crippen molar-refractivity contribution in [2.45, 2.75) is 25.7 Å². The van der Waals surface area contributed by atoms with Crippen LogP contribution in [-0.2, 0) is 6.42 Å². The molecule has 1 aliphatic heterocycles. The number of rotatable bonds is 6. The number of nitrogens with one attached hydrogen (secondary N) is 1. The minimum atomic E-state index is 0.134. The van der Waals surface area contributed by atoms with E-state index in [1.165, 1.54) is 25.7 Å². The molecule has 2 aromatic carbocycles. The normalized spacial score (nSPS) is 22.5. The van der Waals surface area contributed by atoms with Crippen LogP contribution in [0.15, 0.2) is 82.5 Å². The maximum atomic E-state index is 10.4. The molecule has 1 atom stereocenters. The van der Waals surface area contributed by atoms with Crippen LogP contribution < -0.4 is 5.32 Å². The van der Waals surface area contributed by atoms with E-state index in [-0.39, 0.29) is 20.7 Å². The van der Waals surface area contributed by atoms with Gasteiger partial charge in [-0.15, -0.1) is 20.7 Å². The summed E-state index contributed by atoms with van der Waals surface area (Å²) in [6.07, 6.45) is 8.72. The predicted octanol–water partition coefficient (Wildman–Crippen LogP) is 6.73. The molecule has 156 valence electrons. The third-order valence-corrected chi connectivity index (χ3v) is 9.87. The quantitative estimate of drug-likeness (QED) is 0.227. The molecule has 1 aliphatic carbocycles. The van der Waals surface area contributed by atoms with E-state index in [4.69, 9.17) is 0 Å². The van der Waals surface area contributed by atoms with Crippen LogP contribution in [0.1, 0.15) is 30.4 Å². The fraction of sp³-hybridized carbons (Fsp3) is 0.269. The van der Waals surface area contributed by atoms with Gasteiger partial charge in [0, 0.05) is 26.7 Å². The van der Waals surface area contributed by atoms with Crippen LogP contribution in [-0.4, -0.2) is 20.1 Å². The summed E-state index contributed by atoms with van der Waals surface area (Å²) in [6.45, 7) is 0.961. The zero-order valence-electron chi connectivity index (χ0n) is 17.0. The second kappa shape index (κ2) is 10.6. The number of phenols is 1. The van der Waals surface area contributed by atoms with Crippen molar-refractivity contribution in [1.29, 1.82) is 0 Å². The summed E-state index contributed by atoms with van der Waals surface area (Å²) in [5.41, 5.74) is 6.19. The van der Waals surface area contributed by atoms with Crippen LogP contribution >= 0.6 is 36.7 Å². The van der Waals surface area contributed by atoms with Crippen molar-refractivity contribution >= 4 is 46.2 Å². The standard InChI is InChI=1S/C26H27BrINO/c27-25-18-28-17-21-16-22(29-14-6-9-19-7-2-1-3-8-19)15-20(12-13-23(21)25)24-10-4-5-11-26(24)30/h1-5,7-8,10-12,15,18,21,29-30H,6,9,13-14,16-17H2/b20-12+,22-15+. The molecule has 0 saturated heterocycles. The smallest absolute Gasteiger partial charge is 0.123 e. The zero-order valence-corrected chi connectivity index (χ0v) is 20.7. The van der Waals surface area contributed by atoms with Gasteiger partial charge in [-0.1, -0.05) is 70.5 Å². The maximum Gasteiger partial charge on any atom is 0.123 e. The van der Waals surface area contributed by atoms with Gasteiger partial charge in [0.05, 0.1) is 0 Å². The molecule has 4 rings (SSSR count). The molecule has 0 fully saturated rings. The number of benzene rings is 2. The first-order chi connectivity index (χ1) is 14.7. The topological polar surface area (TPSA) is 32.3 Å². The fourth-order valence-corrected chi connectivity index (χ4v) is 7.83. The average Bonchev–Trinajstić information content (AvgIpc) is 2.74. The lowest BCUT2D eigenvalue weighted by Gasteiger charge is -2.26. The second-order valence-corrected chi connectivity index (χ2v) is 11.0. The highest BCUT2D eigenvalue weighted by Gasteiger charge is 2.22. The second-order valence-electron chi connectivity index (χ2n) is 7.76.